The molecule has 2 rings (SSSR count). The van der Waals surface area contributed by atoms with Crippen LogP contribution >= 0.6 is 11.6 Å². The number of benzene rings is 1. The number of hydrogen-bond donors (Lipinski definition) is 2. The van der Waals surface area contributed by atoms with E-state index in [0.717, 1.165) is 17.8 Å². The predicted molar refractivity (Wildman–Crippen MR) is 57.4 cm³/mol. The van der Waals surface area contributed by atoms with Gasteiger partial charge in [-0.15, -0.1) is 0 Å². The Morgan fingerprint density at radius 1 is 1.23 bits per heavy atom. The molecular weight excluding hydrogens is 184 g/mol. The van der Waals surface area contributed by atoms with Gasteiger partial charge in [0.05, 0.1) is 17.4 Å². The van der Waals surface area contributed by atoms with Gasteiger partial charge >= 0.3 is 0 Å². The molecule has 13 heavy (non-hydrogen) atoms. The molecule has 70 valence electrons. The van der Waals surface area contributed by atoms with Crippen LogP contribution in [0.15, 0.2) is 24.3 Å². The second kappa shape index (κ2) is 3.46. The minimum Gasteiger partial charge on any atom is -0.377 e. The average Bonchev–Trinajstić information content (AvgIpc) is 2.17. The molecule has 0 bridgehead atoms. The maximum Gasteiger partial charge on any atom is 0.122 e. The van der Waals surface area contributed by atoms with Gasteiger partial charge in [-0.2, -0.15) is 0 Å². The Labute approximate surface area is 83.3 Å². The summed E-state index contributed by atoms with van der Waals surface area (Å²) in [6, 6.07) is 8.44. The fourth-order valence-electron chi connectivity index (χ4n) is 1.57. The quantitative estimate of drug-likeness (QED) is 0.533. The molecule has 3 heteroatoms. The van der Waals surface area contributed by atoms with Crippen LogP contribution < -0.4 is 10.6 Å². The third-order valence-electron chi connectivity index (χ3n) is 2.35. The number of para-hydroxylation sites is 2. The molecule has 0 fully saturated rings. The molecular formula is C10H13ClN2. The van der Waals surface area contributed by atoms with E-state index >= 15 is 0 Å². The summed E-state index contributed by atoms with van der Waals surface area (Å²) in [6.07, 6.45) is 1.02. The lowest BCUT2D eigenvalue weighted by Gasteiger charge is -2.31. The molecule has 0 aromatic heterocycles. The molecule has 0 spiro atoms. The molecule has 1 aromatic rings. The van der Waals surface area contributed by atoms with Gasteiger partial charge in [-0.05, 0) is 18.6 Å². The SMILES string of the molecule is CCC1Nc2ccccc2NC1Cl. The topological polar surface area (TPSA) is 24.1 Å². The first-order valence-electron chi connectivity index (χ1n) is 4.57. The van der Waals surface area contributed by atoms with Crippen LogP contribution in [0.2, 0.25) is 0 Å². The Balaban J connectivity index is 2.27. The number of alkyl halides is 1. The first-order chi connectivity index (χ1) is 6.31. The van der Waals surface area contributed by atoms with Gasteiger partial charge in [0.25, 0.3) is 0 Å². The van der Waals surface area contributed by atoms with Crippen LogP contribution in [0.1, 0.15) is 13.3 Å². The lowest BCUT2D eigenvalue weighted by molar-refractivity contribution is 0.675. The highest BCUT2D eigenvalue weighted by molar-refractivity contribution is 6.22. The smallest absolute Gasteiger partial charge is 0.122 e. The van der Waals surface area contributed by atoms with E-state index in [1.54, 1.807) is 0 Å². The number of halogens is 1. The van der Waals surface area contributed by atoms with Crippen molar-refractivity contribution in [2.75, 3.05) is 10.6 Å². The van der Waals surface area contributed by atoms with Gasteiger partial charge in [0.15, 0.2) is 0 Å². The van der Waals surface area contributed by atoms with Crippen molar-refractivity contribution in [3.63, 3.8) is 0 Å². The Kier molecular flexibility index (Phi) is 2.32. The maximum atomic E-state index is 6.14. The number of rotatable bonds is 1. The van der Waals surface area contributed by atoms with Gasteiger partial charge in [-0.1, -0.05) is 30.7 Å². The summed E-state index contributed by atoms with van der Waals surface area (Å²) in [7, 11) is 0. The van der Waals surface area contributed by atoms with Crippen LogP contribution in [0, 0.1) is 0 Å². The second-order valence-electron chi connectivity index (χ2n) is 3.25. The van der Waals surface area contributed by atoms with Crippen molar-refractivity contribution < 1.29 is 0 Å². The number of anilines is 2. The van der Waals surface area contributed by atoms with E-state index in [-0.39, 0.29) is 5.50 Å². The monoisotopic (exact) mass is 196 g/mol. The van der Waals surface area contributed by atoms with Crippen LogP contribution in [-0.2, 0) is 0 Å². The number of hydrogen-bond acceptors (Lipinski definition) is 2. The fourth-order valence-corrected chi connectivity index (χ4v) is 1.92. The standard InChI is InChI=1S/C10H13ClN2/c1-2-7-10(11)13-9-6-4-3-5-8(9)12-7/h3-7,10,12-13H,2H2,1H3. The third-order valence-corrected chi connectivity index (χ3v) is 2.77. The van der Waals surface area contributed by atoms with E-state index in [0.29, 0.717) is 6.04 Å². The Morgan fingerprint density at radius 3 is 2.46 bits per heavy atom. The molecule has 2 nitrogen and oxygen atoms in total. The van der Waals surface area contributed by atoms with E-state index in [1.807, 2.05) is 18.2 Å². The summed E-state index contributed by atoms with van der Waals surface area (Å²) < 4.78 is 0. The van der Waals surface area contributed by atoms with Crippen LogP contribution in [0.5, 0.6) is 0 Å². The van der Waals surface area contributed by atoms with Crippen molar-refractivity contribution in [3.05, 3.63) is 24.3 Å². The third kappa shape index (κ3) is 1.59. The molecule has 0 amide bonds. The average molecular weight is 197 g/mol. The van der Waals surface area contributed by atoms with E-state index in [1.165, 1.54) is 0 Å². The van der Waals surface area contributed by atoms with Crippen LogP contribution in [0.4, 0.5) is 11.4 Å². The molecule has 1 heterocycles. The molecule has 1 aromatic carbocycles. The predicted octanol–water partition coefficient (Wildman–Crippen LogP) is 2.87. The highest BCUT2D eigenvalue weighted by Gasteiger charge is 2.23. The number of nitrogens with one attached hydrogen (secondary N) is 2. The summed E-state index contributed by atoms with van der Waals surface area (Å²) in [5.41, 5.74) is 2.22. The first kappa shape index (κ1) is 8.70. The van der Waals surface area contributed by atoms with Crippen molar-refractivity contribution in [2.24, 2.45) is 0 Å². The minimum absolute atomic E-state index is 0.0140. The molecule has 2 unspecified atom stereocenters. The van der Waals surface area contributed by atoms with Gasteiger partial charge in [0.2, 0.25) is 0 Å². The molecule has 0 saturated heterocycles. The Hall–Kier alpha value is -0.890. The van der Waals surface area contributed by atoms with Crippen LogP contribution in [0.3, 0.4) is 0 Å². The molecule has 1 aliphatic rings. The summed E-state index contributed by atoms with van der Waals surface area (Å²) in [4.78, 5) is 0. The fraction of sp³-hybridized carbons (Fsp3) is 0.400. The van der Waals surface area contributed by atoms with Gasteiger partial charge < -0.3 is 10.6 Å². The van der Waals surface area contributed by atoms with E-state index in [2.05, 4.69) is 23.6 Å². The molecule has 0 aliphatic carbocycles. The highest BCUT2D eigenvalue weighted by Crippen LogP contribution is 2.30. The summed E-state index contributed by atoms with van der Waals surface area (Å²) in [5, 5.41) is 6.67. The molecule has 2 atom stereocenters. The van der Waals surface area contributed by atoms with Crippen LogP contribution in [-0.4, -0.2) is 11.5 Å². The lowest BCUT2D eigenvalue weighted by atomic mass is 10.1. The second-order valence-corrected chi connectivity index (χ2v) is 3.72. The van der Waals surface area contributed by atoms with Gasteiger partial charge in [0.1, 0.15) is 5.50 Å². The van der Waals surface area contributed by atoms with Crippen molar-refractivity contribution >= 4 is 23.0 Å². The Morgan fingerprint density at radius 2 is 1.85 bits per heavy atom. The number of fused-ring (bicyclic) bond motifs is 1. The zero-order valence-corrected chi connectivity index (χ0v) is 8.31. The molecule has 2 N–H and O–H groups in total. The van der Waals surface area contributed by atoms with Crippen molar-refractivity contribution in [1.82, 2.24) is 0 Å². The van der Waals surface area contributed by atoms with E-state index < -0.39 is 0 Å². The zero-order valence-electron chi connectivity index (χ0n) is 7.55. The van der Waals surface area contributed by atoms with E-state index in [9.17, 15) is 0 Å². The minimum atomic E-state index is -0.0140. The lowest BCUT2D eigenvalue weighted by Crippen LogP contribution is -2.38. The van der Waals surface area contributed by atoms with Crippen molar-refractivity contribution in [1.29, 1.82) is 0 Å². The first-order valence-corrected chi connectivity index (χ1v) is 5.01. The summed E-state index contributed by atoms with van der Waals surface area (Å²) in [6.45, 7) is 2.13. The van der Waals surface area contributed by atoms with Gasteiger partial charge in [-0.3, -0.25) is 0 Å². The van der Waals surface area contributed by atoms with Crippen molar-refractivity contribution in [3.8, 4) is 0 Å². The maximum absolute atomic E-state index is 6.14. The molecule has 0 saturated carbocycles. The summed E-state index contributed by atoms with van der Waals surface area (Å²) >= 11 is 6.14. The zero-order chi connectivity index (χ0) is 9.26. The van der Waals surface area contributed by atoms with Crippen LogP contribution in [0.25, 0.3) is 0 Å². The van der Waals surface area contributed by atoms with Gasteiger partial charge in [0, 0.05) is 0 Å². The normalized spacial score (nSPS) is 25.7. The van der Waals surface area contributed by atoms with Gasteiger partial charge in [-0.25, -0.2) is 0 Å². The van der Waals surface area contributed by atoms with E-state index in [4.69, 9.17) is 11.6 Å². The van der Waals surface area contributed by atoms with Crippen molar-refractivity contribution in [2.45, 2.75) is 24.9 Å². The molecule has 0 radical (unpaired) electrons. The molecule has 1 aliphatic heterocycles. The highest BCUT2D eigenvalue weighted by atomic mass is 35.5. The Bertz CT molecular complexity index is 301. The summed E-state index contributed by atoms with van der Waals surface area (Å²) in [5.74, 6) is 0. The largest absolute Gasteiger partial charge is 0.377 e.